The van der Waals surface area contributed by atoms with E-state index in [4.69, 9.17) is 11.6 Å². The molecule has 8 nitrogen and oxygen atoms in total. The minimum absolute atomic E-state index is 0.215. The van der Waals surface area contributed by atoms with Crippen LogP contribution in [0.15, 0.2) is 59.7 Å². The second-order valence-electron chi connectivity index (χ2n) is 6.11. The van der Waals surface area contributed by atoms with Gasteiger partial charge in [-0.3, -0.25) is 9.78 Å². The predicted molar refractivity (Wildman–Crippen MR) is 105 cm³/mol. The SMILES string of the molecule is Cc1nc(-c2ccncc2)cc2nn(CC(=O)Nc3ccc(Cl)cc3)c(=O)n12. The number of anilines is 1. The summed E-state index contributed by atoms with van der Waals surface area (Å²) in [5, 5.41) is 7.57. The summed E-state index contributed by atoms with van der Waals surface area (Å²) < 4.78 is 2.49. The Bertz CT molecular complexity index is 1220. The molecule has 4 rings (SSSR count). The molecular weight excluding hydrogens is 380 g/mol. The number of hydrogen-bond acceptors (Lipinski definition) is 5. The van der Waals surface area contributed by atoms with Gasteiger partial charge in [0.25, 0.3) is 0 Å². The van der Waals surface area contributed by atoms with E-state index >= 15 is 0 Å². The molecule has 0 fully saturated rings. The van der Waals surface area contributed by atoms with Gasteiger partial charge >= 0.3 is 5.69 Å². The molecule has 28 heavy (non-hydrogen) atoms. The van der Waals surface area contributed by atoms with E-state index in [1.807, 2.05) is 12.1 Å². The molecule has 0 saturated heterocycles. The molecule has 0 unspecified atom stereocenters. The minimum atomic E-state index is -0.424. The monoisotopic (exact) mass is 394 g/mol. The second-order valence-corrected chi connectivity index (χ2v) is 6.55. The Labute approximate surface area is 164 Å². The Morgan fingerprint density at radius 3 is 2.57 bits per heavy atom. The van der Waals surface area contributed by atoms with Gasteiger partial charge in [0, 0.05) is 34.7 Å². The highest BCUT2D eigenvalue weighted by atomic mass is 35.5. The van der Waals surface area contributed by atoms with Crippen LogP contribution in [0, 0.1) is 6.92 Å². The van der Waals surface area contributed by atoms with Crippen LogP contribution in [0.3, 0.4) is 0 Å². The third-order valence-corrected chi connectivity index (χ3v) is 4.39. The van der Waals surface area contributed by atoms with Crippen LogP contribution >= 0.6 is 11.6 Å². The first-order valence-electron chi connectivity index (χ1n) is 8.44. The number of rotatable bonds is 4. The van der Waals surface area contributed by atoms with E-state index in [0.29, 0.717) is 27.9 Å². The first-order valence-corrected chi connectivity index (χ1v) is 8.82. The number of halogens is 1. The van der Waals surface area contributed by atoms with E-state index in [0.717, 1.165) is 10.2 Å². The van der Waals surface area contributed by atoms with Crippen molar-refractivity contribution in [2.75, 3.05) is 5.32 Å². The van der Waals surface area contributed by atoms with Crippen molar-refractivity contribution in [2.45, 2.75) is 13.5 Å². The van der Waals surface area contributed by atoms with Crippen molar-refractivity contribution >= 4 is 28.8 Å². The fraction of sp³-hybridized carbons (Fsp3) is 0.105. The van der Waals surface area contributed by atoms with E-state index in [2.05, 4.69) is 20.4 Å². The second kappa shape index (κ2) is 7.24. The molecule has 0 bridgehead atoms. The summed E-state index contributed by atoms with van der Waals surface area (Å²) in [5.41, 5.74) is 2.12. The maximum atomic E-state index is 12.6. The van der Waals surface area contributed by atoms with Crippen molar-refractivity contribution in [1.29, 1.82) is 0 Å². The van der Waals surface area contributed by atoms with Crippen LogP contribution in [0.2, 0.25) is 5.02 Å². The minimum Gasteiger partial charge on any atom is -0.324 e. The number of fused-ring (bicyclic) bond motifs is 1. The van der Waals surface area contributed by atoms with Gasteiger partial charge in [-0.1, -0.05) is 11.6 Å². The normalized spacial score (nSPS) is 10.9. The summed E-state index contributed by atoms with van der Waals surface area (Å²) in [4.78, 5) is 33.4. The molecule has 0 aliphatic rings. The molecule has 0 spiro atoms. The van der Waals surface area contributed by atoms with Gasteiger partial charge in [-0.2, -0.15) is 0 Å². The van der Waals surface area contributed by atoms with Gasteiger partial charge in [-0.15, -0.1) is 5.10 Å². The fourth-order valence-corrected chi connectivity index (χ4v) is 2.97. The van der Waals surface area contributed by atoms with Crippen molar-refractivity contribution in [2.24, 2.45) is 0 Å². The van der Waals surface area contributed by atoms with Crippen LogP contribution in [0.1, 0.15) is 5.82 Å². The average Bonchev–Trinajstić information content (AvgIpc) is 3.00. The molecule has 0 aliphatic carbocycles. The summed E-state index contributed by atoms with van der Waals surface area (Å²) in [6, 6.07) is 12.1. The predicted octanol–water partition coefficient (Wildman–Crippen LogP) is 2.55. The summed E-state index contributed by atoms with van der Waals surface area (Å²) in [5.74, 6) is 0.117. The molecule has 0 saturated carbocycles. The van der Waals surface area contributed by atoms with E-state index in [1.54, 1.807) is 49.6 Å². The zero-order valence-electron chi connectivity index (χ0n) is 14.8. The van der Waals surface area contributed by atoms with Gasteiger partial charge in [-0.05, 0) is 43.3 Å². The largest absolute Gasteiger partial charge is 0.352 e. The lowest BCUT2D eigenvalue weighted by Gasteiger charge is -2.04. The Kier molecular flexibility index (Phi) is 4.62. The first-order chi connectivity index (χ1) is 13.5. The van der Waals surface area contributed by atoms with Crippen molar-refractivity contribution < 1.29 is 4.79 Å². The summed E-state index contributed by atoms with van der Waals surface area (Å²) in [6.45, 7) is 1.51. The van der Waals surface area contributed by atoms with Gasteiger partial charge in [0.05, 0.1) is 5.69 Å². The van der Waals surface area contributed by atoms with Crippen LogP contribution in [0.25, 0.3) is 16.9 Å². The van der Waals surface area contributed by atoms with E-state index in [1.165, 1.54) is 4.40 Å². The molecule has 3 aromatic heterocycles. The molecule has 4 aromatic rings. The maximum absolute atomic E-state index is 12.6. The summed E-state index contributed by atoms with van der Waals surface area (Å²) in [7, 11) is 0. The molecule has 9 heteroatoms. The molecule has 0 radical (unpaired) electrons. The van der Waals surface area contributed by atoms with Crippen molar-refractivity contribution in [1.82, 2.24) is 24.1 Å². The van der Waals surface area contributed by atoms with E-state index in [-0.39, 0.29) is 12.5 Å². The van der Waals surface area contributed by atoms with Crippen molar-refractivity contribution in [3.05, 3.63) is 76.2 Å². The number of amides is 1. The molecule has 140 valence electrons. The lowest BCUT2D eigenvalue weighted by molar-refractivity contribution is -0.117. The lowest BCUT2D eigenvalue weighted by Crippen LogP contribution is -2.28. The Balaban J connectivity index is 1.64. The molecule has 1 aromatic carbocycles. The Morgan fingerprint density at radius 2 is 1.86 bits per heavy atom. The highest BCUT2D eigenvalue weighted by molar-refractivity contribution is 6.30. The molecule has 0 aliphatic heterocycles. The topological polar surface area (TPSA) is 94.2 Å². The highest BCUT2D eigenvalue weighted by Crippen LogP contribution is 2.17. The first kappa shape index (κ1) is 17.9. The van der Waals surface area contributed by atoms with Gasteiger partial charge in [0.15, 0.2) is 5.65 Å². The number of carbonyl (C=O) groups excluding carboxylic acids is 1. The summed E-state index contributed by atoms with van der Waals surface area (Å²) >= 11 is 5.84. The van der Waals surface area contributed by atoms with Crippen LogP contribution in [0.5, 0.6) is 0 Å². The number of nitrogens with zero attached hydrogens (tertiary/aromatic N) is 5. The van der Waals surface area contributed by atoms with Gasteiger partial charge in [-0.25, -0.2) is 18.9 Å². The third-order valence-electron chi connectivity index (χ3n) is 4.13. The average molecular weight is 395 g/mol. The number of benzene rings is 1. The van der Waals surface area contributed by atoms with Crippen LogP contribution in [-0.4, -0.2) is 30.1 Å². The third kappa shape index (κ3) is 3.49. The Hall–Kier alpha value is -3.52. The zero-order chi connectivity index (χ0) is 19.7. The van der Waals surface area contributed by atoms with Crippen molar-refractivity contribution in [3.63, 3.8) is 0 Å². The molecule has 1 amide bonds. The number of nitrogens with one attached hydrogen (secondary N) is 1. The van der Waals surface area contributed by atoms with E-state index in [9.17, 15) is 9.59 Å². The zero-order valence-corrected chi connectivity index (χ0v) is 15.6. The van der Waals surface area contributed by atoms with Crippen molar-refractivity contribution in [3.8, 4) is 11.3 Å². The number of pyridine rings is 1. The van der Waals surface area contributed by atoms with E-state index < -0.39 is 5.69 Å². The maximum Gasteiger partial charge on any atom is 0.352 e. The van der Waals surface area contributed by atoms with Crippen LogP contribution in [-0.2, 0) is 11.3 Å². The number of carbonyl (C=O) groups is 1. The fourth-order valence-electron chi connectivity index (χ4n) is 2.84. The quantitative estimate of drug-likeness (QED) is 0.574. The van der Waals surface area contributed by atoms with Crippen LogP contribution < -0.4 is 11.0 Å². The lowest BCUT2D eigenvalue weighted by atomic mass is 10.2. The van der Waals surface area contributed by atoms with Gasteiger partial charge < -0.3 is 5.32 Å². The molecule has 3 heterocycles. The molecular formula is C19H15ClN6O2. The number of hydrogen-bond donors (Lipinski definition) is 1. The van der Waals surface area contributed by atoms with Crippen LogP contribution in [0.4, 0.5) is 5.69 Å². The Morgan fingerprint density at radius 1 is 1.14 bits per heavy atom. The smallest absolute Gasteiger partial charge is 0.324 e. The molecule has 1 N–H and O–H groups in total. The summed E-state index contributed by atoms with van der Waals surface area (Å²) in [6.07, 6.45) is 3.34. The standard InChI is InChI=1S/C19H15ClN6O2/c1-12-22-16(13-6-8-21-9-7-13)10-17-24-25(19(28)26(12)17)11-18(27)23-15-4-2-14(20)3-5-15/h2-10H,11H2,1H3,(H,23,27). The van der Waals surface area contributed by atoms with Gasteiger partial charge in [0.2, 0.25) is 5.91 Å². The number of aryl methyl sites for hydroxylation is 1. The highest BCUT2D eigenvalue weighted by Gasteiger charge is 2.14. The molecule has 0 atom stereocenters. The number of aromatic nitrogens is 5. The van der Waals surface area contributed by atoms with Gasteiger partial charge in [0.1, 0.15) is 12.4 Å².